The van der Waals surface area contributed by atoms with E-state index in [4.69, 9.17) is 4.42 Å². The first-order valence-electron chi connectivity index (χ1n) is 7.08. The van der Waals surface area contributed by atoms with Crippen LogP contribution in [0.5, 0.6) is 0 Å². The van der Waals surface area contributed by atoms with Crippen LogP contribution in [0.3, 0.4) is 0 Å². The highest BCUT2D eigenvalue weighted by Crippen LogP contribution is 2.22. The second-order valence-electron chi connectivity index (χ2n) is 5.12. The second-order valence-corrected chi connectivity index (χ2v) is 5.12. The first kappa shape index (κ1) is 12.7. The first-order valence-corrected chi connectivity index (χ1v) is 7.08. The Kier molecular flexibility index (Phi) is 2.90. The van der Waals surface area contributed by atoms with Gasteiger partial charge < -0.3 is 8.98 Å². The number of hydrogen-bond acceptors (Lipinski definition) is 2. The highest BCUT2D eigenvalue weighted by molar-refractivity contribution is 5.81. The van der Waals surface area contributed by atoms with E-state index < -0.39 is 0 Å². The summed E-state index contributed by atoms with van der Waals surface area (Å²) in [4.78, 5) is 12.2. The molecule has 22 heavy (non-hydrogen) atoms. The minimum atomic E-state index is -0.313. The molecule has 4 aromatic rings. The van der Waals surface area contributed by atoms with Gasteiger partial charge in [0, 0.05) is 23.5 Å². The number of hydrogen-bond donors (Lipinski definition) is 0. The monoisotopic (exact) mass is 287 g/mol. The molecule has 0 atom stereocenters. The SMILES string of the molecule is O=c1oc2ccccc2cc1-c1ccc(-n2cccc2)cc1. The average Bonchev–Trinajstić information content (AvgIpc) is 3.09. The van der Waals surface area contributed by atoms with E-state index in [0.717, 1.165) is 16.6 Å². The standard InChI is InChI=1S/C19H13NO2/c21-19-17(13-15-5-1-2-6-18(15)22-19)14-7-9-16(10-8-14)20-11-3-4-12-20/h1-13H. The maximum atomic E-state index is 12.2. The van der Waals surface area contributed by atoms with E-state index in [0.29, 0.717) is 11.1 Å². The predicted molar refractivity (Wildman–Crippen MR) is 87.2 cm³/mol. The van der Waals surface area contributed by atoms with Crippen molar-refractivity contribution in [2.24, 2.45) is 0 Å². The fourth-order valence-electron chi connectivity index (χ4n) is 2.58. The Bertz CT molecular complexity index is 980. The maximum Gasteiger partial charge on any atom is 0.344 e. The molecule has 0 spiro atoms. The van der Waals surface area contributed by atoms with E-state index in [1.165, 1.54) is 0 Å². The van der Waals surface area contributed by atoms with E-state index in [2.05, 4.69) is 0 Å². The molecule has 2 aromatic carbocycles. The summed E-state index contributed by atoms with van der Waals surface area (Å²) in [7, 11) is 0. The third kappa shape index (κ3) is 2.13. The smallest absolute Gasteiger partial charge is 0.344 e. The number of fused-ring (bicyclic) bond motifs is 1. The van der Waals surface area contributed by atoms with Crippen molar-refractivity contribution in [1.82, 2.24) is 4.57 Å². The van der Waals surface area contributed by atoms with Gasteiger partial charge in [-0.1, -0.05) is 30.3 Å². The van der Waals surface area contributed by atoms with E-state index in [9.17, 15) is 4.79 Å². The van der Waals surface area contributed by atoms with Gasteiger partial charge in [-0.3, -0.25) is 0 Å². The molecule has 0 unspecified atom stereocenters. The Balaban J connectivity index is 1.81. The van der Waals surface area contributed by atoms with Crippen LogP contribution in [-0.2, 0) is 0 Å². The Morgan fingerprint density at radius 1 is 0.818 bits per heavy atom. The fourth-order valence-corrected chi connectivity index (χ4v) is 2.58. The molecular weight excluding hydrogens is 274 g/mol. The van der Waals surface area contributed by atoms with Crippen LogP contribution in [-0.4, -0.2) is 4.57 Å². The summed E-state index contributed by atoms with van der Waals surface area (Å²) in [6, 6.07) is 21.2. The van der Waals surface area contributed by atoms with Crippen molar-refractivity contribution in [2.75, 3.05) is 0 Å². The first-order chi connectivity index (χ1) is 10.8. The minimum absolute atomic E-state index is 0.313. The molecule has 0 aliphatic heterocycles. The third-order valence-electron chi connectivity index (χ3n) is 3.72. The molecular formula is C19H13NO2. The van der Waals surface area contributed by atoms with Crippen molar-refractivity contribution < 1.29 is 4.42 Å². The Labute approximate surface area is 127 Å². The summed E-state index contributed by atoms with van der Waals surface area (Å²) in [5.74, 6) is 0. The molecule has 0 N–H and O–H groups in total. The fraction of sp³-hybridized carbons (Fsp3) is 0. The average molecular weight is 287 g/mol. The van der Waals surface area contributed by atoms with Gasteiger partial charge in [-0.25, -0.2) is 4.79 Å². The molecule has 0 saturated heterocycles. The van der Waals surface area contributed by atoms with Gasteiger partial charge in [0.25, 0.3) is 0 Å². The van der Waals surface area contributed by atoms with Crippen LogP contribution >= 0.6 is 0 Å². The molecule has 0 aliphatic carbocycles. The molecule has 0 saturated carbocycles. The van der Waals surface area contributed by atoms with Crippen molar-refractivity contribution in [3.8, 4) is 16.8 Å². The van der Waals surface area contributed by atoms with Crippen LogP contribution < -0.4 is 5.63 Å². The van der Waals surface area contributed by atoms with Gasteiger partial charge in [-0.2, -0.15) is 0 Å². The molecule has 0 fully saturated rings. The van der Waals surface area contributed by atoms with Gasteiger partial charge in [0.1, 0.15) is 5.58 Å². The molecule has 0 aliphatic rings. The quantitative estimate of drug-likeness (QED) is 0.517. The Morgan fingerprint density at radius 2 is 1.55 bits per heavy atom. The van der Waals surface area contributed by atoms with Crippen LogP contribution in [0.15, 0.2) is 88.3 Å². The van der Waals surface area contributed by atoms with Gasteiger partial charge in [-0.15, -0.1) is 0 Å². The van der Waals surface area contributed by atoms with Gasteiger partial charge in [-0.05, 0) is 42.0 Å². The summed E-state index contributed by atoms with van der Waals surface area (Å²) in [5, 5.41) is 0.923. The molecule has 0 amide bonds. The number of aromatic nitrogens is 1. The molecule has 0 bridgehead atoms. The lowest BCUT2D eigenvalue weighted by Gasteiger charge is -2.05. The van der Waals surface area contributed by atoms with Crippen LogP contribution in [0, 0.1) is 0 Å². The van der Waals surface area contributed by atoms with Crippen molar-refractivity contribution >= 4 is 11.0 Å². The molecule has 3 nitrogen and oxygen atoms in total. The van der Waals surface area contributed by atoms with E-state index in [-0.39, 0.29) is 5.63 Å². The molecule has 2 heterocycles. The normalized spacial score (nSPS) is 10.9. The zero-order valence-corrected chi connectivity index (χ0v) is 11.8. The lowest BCUT2D eigenvalue weighted by molar-refractivity contribution is 0.563. The zero-order valence-electron chi connectivity index (χ0n) is 11.8. The van der Waals surface area contributed by atoms with Crippen LogP contribution in [0.25, 0.3) is 27.8 Å². The Hall–Kier alpha value is -3.07. The third-order valence-corrected chi connectivity index (χ3v) is 3.72. The van der Waals surface area contributed by atoms with Crippen molar-refractivity contribution in [2.45, 2.75) is 0 Å². The van der Waals surface area contributed by atoms with Crippen LogP contribution in [0.4, 0.5) is 0 Å². The lowest BCUT2D eigenvalue weighted by atomic mass is 10.1. The highest BCUT2D eigenvalue weighted by atomic mass is 16.4. The molecule has 2 aromatic heterocycles. The number of benzene rings is 2. The number of nitrogens with zero attached hydrogens (tertiary/aromatic N) is 1. The largest absolute Gasteiger partial charge is 0.422 e. The summed E-state index contributed by atoms with van der Waals surface area (Å²) < 4.78 is 7.41. The van der Waals surface area contributed by atoms with Crippen molar-refractivity contribution in [1.29, 1.82) is 0 Å². The van der Waals surface area contributed by atoms with E-state index in [1.807, 2.05) is 77.6 Å². The molecule has 0 radical (unpaired) electrons. The van der Waals surface area contributed by atoms with Crippen LogP contribution in [0.1, 0.15) is 0 Å². The maximum absolute atomic E-state index is 12.2. The summed E-state index contributed by atoms with van der Waals surface area (Å²) in [6.45, 7) is 0. The number of para-hydroxylation sites is 1. The summed E-state index contributed by atoms with van der Waals surface area (Å²) in [6.07, 6.45) is 3.97. The number of rotatable bonds is 2. The Morgan fingerprint density at radius 3 is 2.32 bits per heavy atom. The molecule has 106 valence electrons. The van der Waals surface area contributed by atoms with Gasteiger partial charge >= 0.3 is 5.63 Å². The van der Waals surface area contributed by atoms with Gasteiger partial charge in [0.05, 0.1) is 5.56 Å². The van der Waals surface area contributed by atoms with Crippen LogP contribution in [0.2, 0.25) is 0 Å². The van der Waals surface area contributed by atoms with Crippen molar-refractivity contribution in [3.05, 3.63) is 89.5 Å². The summed E-state index contributed by atoms with van der Waals surface area (Å²) >= 11 is 0. The topological polar surface area (TPSA) is 35.1 Å². The van der Waals surface area contributed by atoms with Gasteiger partial charge in [0.2, 0.25) is 0 Å². The predicted octanol–water partition coefficient (Wildman–Crippen LogP) is 4.25. The second kappa shape index (κ2) is 5.04. The molecule has 4 rings (SSSR count). The van der Waals surface area contributed by atoms with Gasteiger partial charge in [0.15, 0.2) is 0 Å². The van der Waals surface area contributed by atoms with E-state index >= 15 is 0 Å². The minimum Gasteiger partial charge on any atom is -0.422 e. The molecule has 3 heteroatoms. The summed E-state index contributed by atoms with van der Waals surface area (Å²) in [5.41, 5.74) is 2.79. The lowest BCUT2D eigenvalue weighted by Crippen LogP contribution is -2.02. The zero-order chi connectivity index (χ0) is 14.9. The highest BCUT2D eigenvalue weighted by Gasteiger charge is 2.07. The van der Waals surface area contributed by atoms with E-state index in [1.54, 1.807) is 6.07 Å². The van der Waals surface area contributed by atoms with Crippen molar-refractivity contribution in [3.63, 3.8) is 0 Å².